The molecule has 1 unspecified atom stereocenters. The third-order valence-corrected chi connectivity index (χ3v) is 8.44. The second-order valence-corrected chi connectivity index (χ2v) is 12.0. The highest BCUT2D eigenvalue weighted by molar-refractivity contribution is 6.30. The van der Waals surface area contributed by atoms with Gasteiger partial charge in [-0.15, -0.1) is 0 Å². The second kappa shape index (κ2) is 14.4. The fourth-order valence-corrected chi connectivity index (χ4v) is 5.62. The van der Waals surface area contributed by atoms with Crippen molar-refractivity contribution in [2.24, 2.45) is 0 Å². The summed E-state index contributed by atoms with van der Waals surface area (Å²) in [6.07, 6.45) is 5.37. The highest BCUT2D eigenvalue weighted by Gasteiger charge is 2.45. The van der Waals surface area contributed by atoms with E-state index >= 15 is 0 Å². The van der Waals surface area contributed by atoms with Crippen molar-refractivity contribution in [3.63, 3.8) is 0 Å². The van der Waals surface area contributed by atoms with E-state index in [1.807, 2.05) is 87.5 Å². The molecule has 0 amide bonds. The zero-order chi connectivity index (χ0) is 32.8. The minimum Gasteiger partial charge on any atom is -0.491 e. The number of aromatic nitrogens is 6. The SMILES string of the molecule is CCC(C)n1ncn(-c2ccc(NCCNc3ccc(OC[C@@H]4CO[C@@](Cn5nccn5)(c5cc(Cl)ccc5C)O4)cc3)cc2)c1=O. The Kier molecular flexibility index (Phi) is 9.90. The summed E-state index contributed by atoms with van der Waals surface area (Å²) in [5.74, 6) is -0.348. The molecule has 2 N–H and O–H groups in total. The average molecular weight is 659 g/mol. The minimum atomic E-state index is -1.08. The molecular formula is C34H39ClN8O4. The summed E-state index contributed by atoms with van der Waals surface area (Å²) in [5, 5.41) is 20.2. The predicted octanol–water partition coefficient (Wildman–Crippen LogP) is 5.43. The molecule has 3 heterocycles. The van der Waals surface area contributed by atoms with Crippen LogP contribution in [0.25, 0.3) is 5.69 Å². The maximum atomic E-state index is 12.7. The maximum absolute atomic E-state index is 12.7. The summed E-state index contributed by atoms with van der Waals surface area (Å²) in [4.78, 5) is 14.2. The topological polar surface area (TPSA) is 122 Å². The lowest BCUT2D eigenvalue weighted by atomic mass is 10.00. The summed E-state index contributed by atoms with van der Waals surface area (Å²) in [5.41, 5.74) is 4.44. The van der Waals surface area contributed by atoms with Gasteiger partial charge in [-0.3, -0.25) is 0 Å². The quantitative estimate of drug-likeness (QED) is 0.150. The molecule has 0 radical (unpaired) electrons. The Morgan fingerprint density at radius 3 is 2.36 bits per heavy atom. The first-order valence-electron chi connectivity index (χ1n) is 15.7. The van der Waals surface area contributed by atoms with Gasteiger partial charge in [0, 0.05) is 35.1 Å². The number of hydrogen-bond acceptors (Lipinski definition) is 9. The Labute approximate surface area is 278 Å². The first kappa shape index (κ1) is 32.3. The molecule has 5 aromatic rings. The number of nitrogens with one attached hydrogen (secondary N) is 2. The van der Waals surface area contributed by atoms with Crippen molar-refractivity contribution in [1.29, 1.82) is 0 Å². The van der Waals surface area contributed by atoms with E-state index < -0.39 is 5.79 Å². The largest absolute Gasteiger partial charge is 0.491 e. The van der Waals surface area contributed by atoms with Crippen LogP contribution in [-0.4, -0.2) is 61.7 Å². The maximum Gasteiger partial charge on any atom is 0.350 e. The van der Waals surface area contributed by atoms with Gasteiger partial charge >= 0.3 is 5.69 Å². The van der Waals surface area contributed by atoms with Gasteiger partial charge in [-0.2, -0.15) is 20.1 Å². The zero-order valence-corrected chi connectivity index (χ0v) is 27.4. The van der Waals surface area contributed by atoms with Crippen LogP contribution < -0.4 is 21.1 Å². The molecule has 3 atom stereocenters. The molecule has 2 aromatic heterocycles. The first-order chi connectivity index (χ1) is 22.8. The van der Waals surface area contributed by atoms with Crippen molar-refractivity contribution in [1.82, 2.24) is 29.3 Å². The van der Waals surface area contributed by atoms with Gasteiger partial charge in [-0.25, -0.2) is 14.0 Å². The number of anilines is 2. The molecule has 0 bridgehead atoms. The second-order valence-electron chi connectivity index (χ2n) is 11.5. The summed E-state index contributed by atoms with van der Waals surface area (Å²) >= 11 is 6.34. The lowest BCUT2D eigenvalue weighted by molar-refractivity contribution is -0.192. The third-order valence-electron chi connectivity index (χ3n) is 8.21. The van der Waals surface area contributed by atoms with E-state index in [1.165, 1.54) is 4.68 Å². The number of halogens is 1. The zero-order valence-electron chi connectivity index (χ0n) is 26.7. The Balaban J connectivity index is 0.969. The van der Waals surface area contributed by atoms with E-state index in [1.54, 1.807) is 28.1 Å². The van der Waals surface area contributed by atoms with E-state index in [2.05, 4.69) is 25.9 Å². The van der Waals surface area contributed by atoms with Gasteiger partial charge in [-0.1, -0.05) is 24.6 Å². The fourth-order valence-electron chi connectivity index (χ4n) is 5.45. The monoisotopic (exact) mass is 658 g/mol. The van der Waals surface area contributed by atoms with Gasteiger partial charge in [0.2, 0.25) is 5.79 Å². The molecule has 12 nitrogen and oxygen atoms in total. The van der Waals surface area contributed by atoms with E-state index in [0.717, 1.165) is 40.4 Å². The van der Waals surface area contributed by atoms with Crippen LogP contribution >= 0.6 is 11.6 Å². The fraction of sp³-hybridized carbons (Fsp3) is 0.353. The van der Waals surface area contributed by atoms with Gasteiger partial charge in [0.15, 0.2) is 0 Å². The van der Waals surface area contributed by atoms with Crippen molar-refractivity contribution in [3.05, 3.63) is 112 Å². The van der Waals surface area contributed by atoms with E-state index in [9.17, 15) is 4.79 Å². The molecule has 1 aliphatic heterocycles. The number of nitrogens with zero attached hydrogens (tertiary/aromatic N) is 6. The molecule has 6 rings (SSSR count). The molecule has 0 aliphatic carbocycles. The Bertz CT molecular complexity index is 1810. The minimum absolute atomic E-state index is 0.0611. The first-order valence-corrected chi connectivity index (χ1v) is 16.1. The van der Waals surface area contributed by atoms with Crippen molar-refractivity contribution in [2.45, 2.75) is 51.7 Å². The molecule has 13 heteroatoms. The summed E-state index contributed by atoms with van der Waals surface area (Å²) in [7, 11) is 0. The van der Waals surface area contributed by atoms with E-state index in [4.69, 9.17) is 25.8 Å². The lowest BCUT2D eigenvalue weighted by Gasteiger charge is -2.29. The average Bonchev–Trinajstić information content (AvgIpc) is 3.85. The molecule has 1 saturated heterocycles. The van der Waals surface area contributed by atoms with Crippen LogP contribution in [-0.2, 0) is 21.8 Å². The molecule has 246 valence electrons. The number of aryl methyl sites for hydroxylation is 1. The summed E-state index contributed by atoms with van der Waals surface area (Å²) in [6.45, 7) is 8.40. The van der Waals surface area contributed by atoms with E-state index in [0.29, 0.717) is 31.3 Å². The third kappa shape index (κ3) is 7.51. The van der Waals surface area contributed by atoms with Gasteiger partial charge in [0.05, 0.1) is 30.7 Å². The molecule has 1 aliphatic rings. The molecule has 1 fully saturated rings. The van der Waals surface area contributed by atoms with Crippen LogP contribution in [0.1, 0.15) is 37.4 Å². The number of hydrogen-bond donors (Lipinski definition) is 2. The highest BCUT2D eigenvalue weighted by atomic mass is 35.5. The standard InChI is InChI=1S/C34H39ClN8O4/c1-4-25(3)43-33(44)41(23-40-43)29-11-7-27(8-12-29)36-15-16-37-28-9-13-30(14-10-28)45-20-31-21-46-34(47-31,22-42-38-17-18-39-42)32-19-26(35)6-5-24(32)2/h5-14,17-19,23,25,31,36-37H,4,15-16,20-22H2,1-3H3/t25?,31-,34-/m1/s1. The summed E-state index contributed by atoms with van der Waals surface area (Å²) < 4.78 is 21.9. The Morgan fingerprint density at radius 2 is 1.68 bits per heavy atom. The number of benzene rings is 3. The van der Waals surface area contributed by atoms with Crippen molar-refractivity contribution in [3.8, 4) is 11.4 Å². The van der Waals surface area contributed by atoms with Crippen molar-refractivity contribution < 1.29 is 14.2 Å². The van der Waals surface area contributed by atoms with Crippen LogP contribution in [0.3, 0.4) is 0 Å². The van der Waals surface area contributed by atoms with Gasteiger partial charge in [-0.05, 0) is 86.5 Å². The predicted molar refractivity (Wildman–Crippen MR) is 180 cm³/mol. The van der Waals surface area contributed by atoms with Crippen LogP contribution in [0.5, 0.6) is 5.75 Å². The number of ether oxygens (including phenoxy) is 3. The summed E-state index contributed by atoms with van der Waals surface area (Å²) in [6, 6.07) is 21.3. The van der Waals surface area contributed by atoms with Crippen LogP contribution in [0.15, 0.2) is 90.2 Å². The molecule has 3 aromatic carbocycles. The molecule has 47 heavy (non-hydrogen) atoms. The Morgan fingerprint density at radius 1 is 1.00 bits per heavy atom. The van der Waals surface area contributed by atoms with Crippen LogP contribution in [0.4, 0.5) is 11.4 Å². The normalized spacial score (nSPS) is 18.3. The molecule has 0 saturated carbocycles. The highest BCUT2D eigenvalue weighted by Crippen LogP contribution is 2.39. The molecule has 0 spiro atoms. The smallest absolute Gasteiger partial charge is 0.350 e. The Hall–Kier alpha value is -4.65. The van der Waals surface area contributed by atoms with Gasteiger partial charge in [0.25, 0.3) is 0 Å². The van der Waals surface area contributed by atoms with Gasteiger partial charge in [0.1, 0.15) is 31.3 Å². The van der Waals surface area contributed by atoms with Gasteiger partial charge < -0.3 is 24.8 Å². The lowest BCUT2D eigenvalue weighted by Crippen LogP contribution is -2.36. The molecular weight excluding hydrogens is 620 g/mol. The van der Waals surface area contributed by atoms with Crippen LogP contribution in [0.2, 0.25) is 5.02 Å². The van der Waals surface area contributed by atoms with E-state index in [-0.39, 0.29) is 24.4 Å². The van der Waals surface area contributed by atoms with Crippen LogP contribution in [0, 0.1) is 6.92 Å². The number of rotatable bonds is 14. The van der Waals surface area contributed by atoms with Crippen molar-refractivity contribution in [2.75, 3.05) is 36.9 Å². The van der Waals surface area contributed by atoms with Crippen molar-refractivity contribution >= 4 is 23.0 Å².